The summed E-state index contributed by atoms with van der Waals surface area (Å²) in [6, 6.07) is 8.88. The zero-order chi connectivity index (χ0) is 19.1. The maximum Gasteiger partial charge on any atom is 0.387 e. The van der Waals surface area contributed by atoms with E-state index in [9.17, 15) is 13.6 Å². The standard InChI is InChI=1S/C18H16ClF2NO4/c1-24-15-10-11(9-14(19)17(15)25-2)3-8-16(23)22-12-4-6-13(7-5-12)26-18(20)21/h3-10,18H,1-2H3,(H,22,23)/b8-3+. The summed E-state index contributed by atoms with van der Waals surface area (Å²) in [5.74, 6) is 0.448. The van der Waals surface area contributed by atoms with Crippen molar-refractivity contribution in [1.82, 2.24) is 0 Å². The van der Waals surface area contributed by atoms with Gasteiger partial charge in [0.05, 0.1) is 19.2 Å². The van der Waals surface area contributed by atoms with Gasteiger partial charge in [-0.15, -0.1) is 0 Å². The van der Waals surface area contributed by atoms with Crippen molar-refractivity contribution in [2.24, 2.45) is 0 Å². The van der Waals surface area contributed by atoms with Gasteiger partial charge in [-0.3, -0.25) is 4.79 Å². The molecule has 1 amide bonds. The quantitative estimate of drug-likeness (QED) is 0.709. The number of methoxy groups -OCH3 is 2. The molecule has 2 aromatic rings. The van der Waals surface area contributed by atoms with Crippen molar-refractivity contribution in [2.45, 2.75) is 6.61 Å². The molecule has 0 saturated heterocycles. The number of carbonyl (C=O) groups excluding carboxylic acids is 1. The Morgan fingerprint density at radius 3 is 2.42 bits per heavy atom. The molecular weight excluding hydrogens is 368 g/mol. The van der Waals surface area contributed by atoms with Gasteiger partial charge in [-0.25, -0.2) is 0 Å². The van der Waals surface area contributed by atoms with Gasteiger partial charge < -0.3 is 19.5 Å². The van der Waals surface area contributed by atoms with E-state index < -0.39 is 12.5 Å². The maximum absolute atomic E-state index is 12.1. The molecule has 5 nitrogen and oxygen atoms in total. The second kappa shape index (κ2) is 9.05. The van der Waals surface area contributed by atoms with Gasteiger partial charge in [0.1, 0.15) is 5.75 Å². The van der Waals surface area contributed by atoms with Crippen LogP contribution in [-0.2, 0) is 4.79 Å². The third-order valence-electron chi connectivity index (χ3n) is 3.23. The molecule has 8 heteroatoms. The summed E-state index contributed by atoms with van der Waals surface area (Å²) in [5, 5.41) is 2.95. The predicted molar refractivity (Wildman–Crippen MR) is 95.3 cm³/mol. The van der Waals surface area contributed by atoms with Crippen molar-refractivity contribution in [3.8, 4) is 17.2 Å². The molecule has 0 heterocycles. The summed E-state index contributed by atoms with van der Waals surface area (Å²) in [7, 11) is 2.96. The van der Waals surface area contributed by atoms with Crippen LogP contribution in [0.2, 0.25) is 5.02 Å². The van der Waals surface area contributed by atoms with Crippen molar-refractivity contribution >= 4 is 29.3 Å². The molecule has 1 N–H and O–H groups in total. The molecule has 0 fully saturated rings. The van der Waals surface area contributed by atoms with Crippen molar-refractivity contribution in [2.75, 3.05) is 19.5 Å². The molecule has 2 rings (SSSR count). The highest BCUT2D eigenvalue weighted by atomic mass is 35.5. The van der Waals surface area contributed by atoms with Gasteiger partial charge in [-0.05, 0) is 48.0 Å². The maximum atomic E-state index is 12.1. The van der Waals surface area contributed by atoms with Gasteiger partial charge in [0, 0.05) is 11.8 Å². The smallest absolute Gasteiger partial charge is 0.387 e. The summed E-state index contributed by atoms with van der Waals surface area (Å²) in [5.41, 5.74) is 1.08. The number of hydrogen-bond acceptors (Lipinski definition) is 4. The number of carbonyl (C=O) groups is 1. The minimum Gasteiger partial charge on any atom is -0.493 e. The first kappa shape index (κ1) is 19.5. The third-order valence-corrected chi connectivity index (χ3v) is 3.51. The van der Waals surface area contributed by atoms with Crippen molar-refractivity contribution in [1.29, 1.82) is 0 Å². The van der Waals surface area contributed by atoms with E-state index in [2.05, 4.69) is 10.1 Å². The Bertz CT molecular complexity index is 795. The zero-order valence-electron chi connectivity index (χ0n) is 14.0. The van der Waals surface area contributed by atoms with E-state index in [1.807, 2.05) is 0 Å². The first-order chi connectivity index (χ1) is 12.4. The fourth-order valence-corrected chi connectivity index (χ4v) is 2.41. The summed E-state index contributed by atoms with van der Waals surface area (Å²) >= 11 is 6.10. The Labute approximate surface area is 154 Å². The van der Waals surface area contributed by atoms with Gasteiger partial charge in [0.15, 0.2) is 11.5 Å². The lowest BCUT2D eigenvalue weighted by Gasteiger charge is -2.10. The number of halogens is 3. The normalized spacial score (nSPS) is 10.8. The topological polar surface area (TPSA) is 56.8 Å². The lowest BCUT2D eigenvalue weighted by molar-refractivity contribution is -0.111. The fourth-order valence-electron chi connectivity index (χ4n) is 2.11. The number of rotatable bonds is 7. The summed E-state index contributed by atoms with van der Waals surface area (Å²) < 4.78 is 38.8. The van der Waals surface area contributed by atoms with Crippen molar-refractivity contribution in [3.05, 3.63) is 53.1 Å². The Balaban J connectivity index is 2.04. The van der Waals surface area contributed by atoms with Crippen LogP contribution in [0.5, 0.6) is 17.2 Å². The molecule has 2 aromatic carbocycles. The second-order valence-corrected chi connectivity index (χ2v) is 5.37. The van der Waals surface area contributed by atoms with Crippen LogP contribution >= 0.6 is 11.6 Å². The minimum atomic E-state index is -2.90. The van der Waals surface area contributed by atoms with Crippen LogP contribution in [0.25, 0.3) is 6.08 Å². The predicted octanol–water partition coefficient (Wildman–Crippen LogP) is 4.61. The molecule has 0 bridgehead atoms. The summed E-state index contributed by atoms with van der Waals surface area (Å²) in [6.07, 6.45) is 2.86. The van der Waals surface area contributed by atoms with Crippen molar-refractivity contribution < 1.29 is 27.8 Å². The van der Waals surface area contributed by atoms with Crippen molar-refractivity contribution in [3.63, 3.8) is 0 Å². The Morgan fingerprint density at radius 1 is 1.15 bits per heavy atom. The first-order valence-corrected chi connectivity index (χ1v) is 7.76. The van der Waals surface area contributed by atoms with Gasteiger partial charge in [0.25, 0.3) is 0 Å². The number of nitrogens with one attached hydrogen (secondary N) is 1. The SMILES string of the molecule is COc1cc(/C=C/C(=O)Nc2ccc(OC(F)F)cc2)cc(Cl)c1OC. The second-order valence-electron chi connectivity index (χ2n) is 4.96. The molecule has 0 aliphatic heterocycles. The Hall–Kier alpha value is -2.80. The average Bonchev–Trinajstić information content (AvgIpc) is 2.60. The highest BCUT2D eigenvalue weighted by Crippen LogP contribution is 2.36. The van der Waals surface area contributed by atoms with Crippen LogP contribution in [-0.4, -0.2) is 26.7 Å². The van der Waals surface area contributed by atoms with Crippen LogP contribution in [0.1, 0.15) is 5.56 Å². The number of benzene rings is 2. The fraction of sp³-hybridized carbons (Fsp3) is 0.167. The van der Waals surface area contributed by atoms with E-state index in [1.165, 1.54) is 44.6 Å². The number of amides is 1. The van der Waals surface area contributed by atoms with E-state index in [0.29, 0.717) is 27.8 Å². The highest BCUT2D eigenvalue weighted by molar-refractivity contribution is 6.32. The molecule has 0 atom stereocenters. The van der Waals surface area contributed by atoms with Gasteiger partial charge in [-0.1, -0.05) is 11.6 Å². The number of ether oxygens (including phenoxy) is 3. The first-order valence-electron chi connectivity index (χ1n) is 7.38. The van der Waals surface area contributed by atoms with E-state index in [0.717, 1.165) is 0 Å². The lowest BCUT2D eigenvalue weighted by atomic mass is 10.2. The highest BCUT2D eigenvalue weighted by Gasteiger charge is 2.10. The Kier molecular flexibility index (Phi) is 6.80. The minimum absolute atomic E-state index is 0.00788. The molecule has 0 unspecified atom stereocenters. The molecule has 0 saturated carbocycles. The monoisotopic (exact) mass is 383 g/mol. The van der Waals surface area contributed by atoms with Crippen LogP contribution in [0.4, 0.5) is 14.5 Å². The molecule has 0 aliphatic rings. The largest absolute Gasteiger partial charge is 0.493 e. The van der Waals surface area contributed by atoms with E-state index >= 15 is 0 Å². The third kappa shape index (κ3) is 5.35. The lowest BCUT2D eigenvalue weighted by Crippen LogP contribution is -2.08. The van der Waals surface area contributed by atoms with Gasteiger partial charge in [0.2, 0.25) is 5.91 Å². The van der Waals surface area contributed by atoms with E-state index in [-0.39, 0.29) is 5.75 Å². The van der Waals surface area contributed by atoms with E-state index in [1.54, 1.807) is 18.2 Å². The molecular formula is C18H16ClF2NO4. The van der Waals surface area contributed by atoms with Crippen LogP contribution in [0, 0.1) is 0 Å². The molecule has 0 radical (unpaired) electrons. The molecule has 138 valence electrons. The van der Waals surface area contributed by atoms with Crippen LogP contribution in [0.15, 0.2) is 42.5 Å². The Morgan fingerprint density at radius 2 is 1.85 bits per heavy atom. The molecule has 0 aromatic heterocycles. The average molecular weight is 384 g/mol. The summed E-state index contributed by atoms with van der Waals surface area (Å²) in [6.45, 7) is -2.90. The van der Waals surface area contributed by atoms with Gasteiger partial charge in [-0.2, -0.15) is 8.78 Å². The zero-order valence-corrected chi connectivity index (χ0v) is 14.7. The summed E-state index contributed by atoms with van der Waals surface area (Å²) in [4.78, 5) is 12.0. The van der Waals surface area contributed by atoms with Gasteiger partial charge >= 0.3 is 6.61 Å². The molecule has 0 aliphatic carbocycles. The van der Waals surface area contributed by atoms with Crippen LogP contribution in [0.3, 0.4) is 0 Å². The molecule has 0 spiro atoms. The number of hydrogen-bond donors (Lipinski definition) is 1. The number of anilines is 1. The van der Waals surface area contributed by atoms with Crippen LogP contribution < -0.4 is 19.5 Å². The number of alkyl halides is 2. The van der Waals surface area contributed by atoms with E-state index in [4.69, 9.17) is 21.1 Å². The molecule has 26 heavy (non-hydrogen) atoms.